The summed E-state index contributed by atoms with van der Waals surface area (Å²) < 4.78 is 0. The number of hydrogen-bond donors (Lipinski definition) is 3. The highest BCUT2D eigenvalue weighted by atomic mass is 35.5. The van der Waals surface area contributed by atoms with Gasteiger partial charge in [0.1, 0.15) is 5.76 Å². The smallest absolute Gasteiger partial charge is 0.111 e. The molecule has 0 saturated heterocycles. The van der Waals surface area contributed by atoms with Gasteiger partial charge in [0, 0.05) is 28.0 Å². The second-order valence-electron chi connectivity index (χ2n) is 8.44. The quantitative estimate of drug-likeness (QED) is 0.361. The molecule has 3 aromatic rings. The van der Waals surface area contributed by atoms with Gasteiger partial charge in [-0.15, -0.1) is 0 Å². The molecule has 2 aliphatic rings. The van der Waals surface area contributed by atoms with Crippen molar-refractivity contribution in [2.75, 3.05) is 14.1 Å². The van der Waals surface area contributed by atoms with Crippen LogP contribution in [0.1, 0.15) is 49.8 Å². The number of hydrogen-bond acceptors (Lipinski definition) is 2. The average Bonchev–Trinajstić information content (AvgIpc) is 3.30. The first kappa shape index (κ1) is 24.9. The standard InChI is InChI=1S/C24H20ClNO.C3H8.C2H7N/c25-22-5-1-4-20-18(22)11-12-21(24(20)15-7-9-16(27)10-8-15)17-3-2-6-23-19(17)13-14-26-23;2*1-3-2/h1-7,9-10,13-15,26-27H,8,11-12H2;3H2,1-2H3;3H,1-2H3. The Labute approximate surface area is 202 Å². The largest absolute Gasteiger partial charge is 0.508 e. The molecule has 5 rings (SSSR count). The van der Waals surface area contributed by atoms with Crippen LogP contribution in [0.2, 0.25) is 5.02 Å². The maximum absolute atomic E-state index is 9.79. The minimum absolute atomic E-state index is 0.239. The fourth-order valence-corrected chi connectivity index (χ4v) is 4.76. The number of halogens is 1. The first-order valence-corrected chi connectivity index (χ1v) is 12.2. The number of nitrogens with one attached hydrogen (secondary N) is 2. The number of allylic oxidation sites excluding steroid dienone is 5. The van der Waals surface area contributed by atoms with Crippen molar-refractivity contribution in [3.63, 3.8) is 0 Å². The van der Waals surface area contributed by atoms with Crippen LogP contribution < -0.4 is 5.32 Å². The average molecular weight is 463 g/mol. The Bertz CT molecular complexity index is 1170. The fourth-order valence-electron chi connectivity index (χ4n) is 4.49. The Kier molecular flexibility index (Phi) is 8.99. The fraction of sp³-hybridized carbons (Fsp3) is 0.310. The van der Waals surface area contributed by atoms with Gasteiger partial charge in [-0.2, -0.15) is 0 Å². The molecule has 0 radical (unpaired) electrons. The number of aliphatic hydroxyl groups excluding tert-OH is 1. The number of aliphatic hydroxyl groups is 1. The summed E-state index contributed by atoms with van der Waals surface area (Å²) >= 11 is 6.54. The van der Waals surface area contributed by atoms with Gasteiger partial charge >= 0.3 is 0 Å². The highest BCUT2D eigenvalue weighted by Gasteiger charge is 2.27. The van der Waals surface area contributed by atoms with Gasteiger partial charge in [0.05, 0.1) is 0 Å². The lowest BCUT2D eigenvalue weighted by Crippen LogP contribution is -2.13. The van der Waals surface area contributed by atoms with E-state index in [1.165, 1.54) is 39.6 Å². The van der Waals surface area contributed by atoms with Crippen LogP contribution in [0, 0.1) is 5.92 Å². The van der Waals surface area contributed by atoms with Crippen molar-refractivity contribution in [1.29, 1.82) is 0 Å². The van der Waals surface area contributed by atoms with Gasteiger partial charge in [-0.05, 0) is 91.5 Å². The second kappa shape index (κ2) is 11.9. The predicted octanol–water partition coefficient (Wildman–Crippen LogP) is 7.95. The Morgan fingerprint density at radius 2 is 1.73 bits per heavy atom. The number of fused-ring (bicyclic) bond motifs is 2. The topological polar surface area (TPSA) is 48.0 Å². The predicted molar refractivity (Wildman–Crippen MR) is 144 cm³/mol. The summed E-state index contributed by atoms with van der Waals surface area (Å²) in [6.45, 7) is 4.25. The summed E-state index contributed by atoms with van der Waals surface area (Å²) in [7, 11) is 3.75. The van der Waals surface area contributed by atoms with E-state index in [1.807, 2.05) is 44.6 Å². The van der Waals surface area contributed by atoms with Crippen LogP contribution in [0.25, 0.3) is 22.0 Å². The summed E-state index contributed by atoms with van der Waals surface area (Å²) in [5.74, 6) is 0.589. The molecule has 0 saturated carbocycles. The van der Waals surface area contributed by atoms with E-state index in [2.05, 4.69) is 60.6 Å². The molecule has 0 bridgehead atoms. The third-order valence-corrected chi connectivity index (χ3v) is 6.08. The van der Waals surface area contributed by atoms with Crippen LogP contribution in [0.3, 0.4) is 0 Å². The molecule has 4 heteroatoms. The van der Waals surface area contributed by atoms with E-state index in [4.69, 9.17) is 11.6 Å². The summed E-state index contributed by atoms with van der Waals surface area (Å²) in [4.78, 5) is 3.33. The van der Waals surface area contributed by atoms with Gasteiger partial charge in [-0.1, -0.05) is 62.2 Å². The van der Waals surface area contributed by atoms with E-state index < -0.39 is 0 Å². The van der Waals surface area contributed by atoms with E-state index in [0.29, 0.717) is 5.76 Å². The summed E-state index contributed by atoms with van der Waals surface area (Å²) in [5.41, 5.74) is 7.67. The summed E-state index contributed by atoms with van der Waals surface area (Å²) in [6, 6.07) is 14.8. The molecule has 0 amide bonds. The number of aromatic nitrogens is 1. The van der Waals surface area contributed by atoms with Gasteiger partial charge in [0.2, 0.25) is 0 Å². The van der Waals surface area contributed by atoms with Gasteiger partial charge in [-0.3, -0.25) is 0 Å². The van der Waals surface area contributed by atoms with Crippen LogP contribution in [-0.2, 0) is 6.42 Å². The first-order chi connectivity index (χ1) is 16.0. The monoisotopic (exact) mass is 462 g/mol. The molecule has 1 heterocycles. The Balaban J connectivity index is 0.000000464. The zero-order valence-electron chi connectivity index (χ0n) is 20.1. The SMILES string of the molecule is CCC.CNC.OC1=CCC(C2=C(c3cccc4[nH]ccc34)CCc3c(Cl)cccc32)C=C1. The second-order valence-corrected chi connectivity index (χ2v) is 8.85. The Morgan fingerprint density at radius 3 is 2.42 bits per heavy atom. The van der Waals surface area contributed by atoms with E-state index in [1.54, 1.807) is 0 Å². The third-order valence-electron chi connectivity index (χ3n) is 5.73. The highest BCUT2D eigenvalue weighted by Crippen LogP contribution is 2.46. The van der Waals surface area contributed by atoms with Crippen molar-refractivity contribution in [1.82, 2.24) is 10.3 Å². The van der Waals surface area contributed by atoms with Crippen molar-refractivity contribution >= 4 is 33.7 Å². The molecule has 0 fully saturated rings. The zero-order chi connectivity index (χ0) is 23.8. The van der Waals surface area contributed by atoms with Gasteiger partial charge in [-0.25, -0.2) is 0 Å². The van der Waals surface area contributed by atoms with Crippen molar-refractivity contribution in [2.24, 2.45) is 5.92 Å². The van der Waals surface area contributed by atoms with E-state index in [9.17, 15) is 5.11 Å². The summed E-state index contributed by atoms with van der Waals surface area (Å²) in [5, 5.41) is 14.7. The van der Waals surface area contributed by atoms with E-state index >= 15 is 0 Å². The molecule has 33 heavy (non-hydrogen) atoms. The molecule has 1 unspecified atom stereocenters. The molecule has 0 spiro atoms. The summed E-state index contributed by atoms with van der Waals surface area (Å²) in [6.07, 6.45) is 11.8. The molecule has 174 valence electrons. The maximum atomic E-state index is 9.79. The molecular formula is C29H35ClN2O. The van der Waals surface area contributed by atoms with Crippen LogP contribution >= 0.6 is 11.6 Å². The van der Waals surface area contributed by atoms with E-state index in [0.717, 1.165) is 29.8 Å². The zero-order valence-corrected chi connectivity index (χ0v) is 20.8. The first-order valence-electron chi connectivity index (χ1n) is 11.8. The van der Waals surface area contributed by atoms with Gasteiger partial charge in [0.25, 0.3) is 0 Å². The number of H-pyrrole nitrogens is 1. The molecule has 1 atom stereocenters. The van der Waals surface area contributed by atoms with Crippen LogP contribution in [0.15, 0.2) is 72.6 Å². The molecule has 3 N–H and O–H groups in total. The molecule has 2 aromatic carbocycles. The number of aromatic amines is 1. The molecule has 1 aromatic heterocycles. The number of rotatable bonds is 2. The maximum Gasteiger partial charge on any atom is 0.111 e. The minimum Gasteiger partial charge on any atom is -0.508 e. The third kappa shape index (κ3) is 5.61. The van der Waals surface area contributed by atoms with Crippen molar-refractivity contribution < 1.29 is 5.11 Å². The number of benzene rings is 2. The van der Waals surface area contributed by atoms with Crippen molar-refractivity contribution in [3.8, 4) is 0 Å². The van der Waals surface area contributed by atoms with Crippen LogP contribution in [0.4, 0.5) is 0 Å². The Hall–Kier alpha value is -2.75. The van der Waals surface area contributed by atoms with E-state index in [-0.39, 0.29) is 5.92 Å². The molecular weight excluding hydrogens is 428 g/mol. The van der Waals surface area contributed by atoms with Gasteiger partial charge < -0.3 is 15.4 Å². The molecule has 0 aliphatic heterocycles. The lowest BCUT2D eigenvalue weighted by Gasteiger charge is -2.30. The molecule has 2 aliphatic carbocycles. The lowest BCUT2D eigenvalue weighted by atomic mass is 9.75. The van der Waals surface area contributed by atoms with Crippen LogP contribution in [-0.4, -0.2) is 24.2 Å². The van der Waals surface area contributed by atoms with Crippen molar-refractivity contribution in [3.05, 3.63) is 94.4 Å². The van der Waals surface area contributed by atoms with Gasteiger partial charge in [0.15, 0.2) is 0 Å². The van der Waals surface area contributed by atoms with Crippen LogP contribution in [0.5, 0.6) is 0 Å². The molecule has 3 nitrogen and oxygen atoms in total. The normalized spacial score (nSPS) is 16.9. The lowest BCUT2D eigenvalue weighted by molar-refractivity contribution is 0.424. The van der Waals surface area contributed by atoms with Crippen molar-refractivity contribution in [2.45, 2.75) is 39.5 Å². The highest BCUT2D eigenvalue weighted by molar-refractivity contribution is 6.31. The minimum atomic E-state index is 0.239. The Morgan fingerprint density at radius 1 is 1.03 bits per heavy atom.